The van der Waals surface area contributed by atoms with Gasteiger partial charge in [-0.05, 0) is 24.0 Å². The summed E-state index contributed by atoms with van der Waals surface area (Å²) in [6, 6.07) is 6.44. The lowest BCUT2D eigenvalue weighted by Crippen LogP contribution is -2.31. The first-order valence-electron chi connectivity index (χ1n) is 6.63. The van der Waals surface area contributed by atoms with E-state index in [1.54, 1.807) is 24.3 Å². The molecule has 0 radical (unpaired) electrons. The monoisotopic (exact) mass is 277 g/mol. The second-order valence-electron chi connectivity index (χ2n) is 6.19. The topological polar surface area (TPSA) is 98.2 Å². The van der Waals surface area contributed by atoms with E-state index in [0.29, 0.717) is 11.3 Å². The highest BCUT2D eigenvalue weighted by molar-refractivity contribution is 6.03. The van der Waals surface area contributed by atoms with Crippen LogP contribution in [-0.2, 0) is 4.79 Å². The summed E-state index contributed by atoms with van der Waals surface area (Å²) in [7, 11) is 0. The number of anilines is 1. The average Bonchev–Trinajstić information content (AvgIpc) is 2.26. The predicted octanol–water partition coefficient (Wildman–Crippen LogP) is 1.88. The van der Waals surface area contributed by atoms with Crippen LogP contribution >= 0.6 is 0 Å². The fourth-order valence-electron chi connectivity index (χ4n) is 2.11. The second kappa shape index (κ2) is 6.52. The number of nitrogens with two attached hydrogens (primary N) is 2. The summed E-state index contributed by atoms with van der Waals surface area (Å²) in [6.45, 7) is 6.23. The van der Waals surface area contributed by atoms with Crippen LogP contribution in [-0.4, -0.2) is 17.9 Å². The number of carbonyl (C=O) groups excluding carboxylic acids is 2. The number of nitrogens with one attached hydrogen (secondary N) is 1. The molecule has 1 aromatic carbocycles. The Balaban J connectivity index is 2.66. The smallest absolute Gasteiger partial charge is 0.250 e. The van der Waals surface area contributed by atoms with Gasteiger partial charge >= 0.3 is 0 Å². The van der Waals surface area contributed by atoms with Crippen LogP contribution < -0.4 is 16.8 Å². The van der Waals surface area contributed by atoms with E-state index in [1.807, 2.05) is 0 Å². The molecule has 0 saturated heterocycles. The van der Waals surface area contributed by atoms with Gasteiger partial charge in [0.2, 0.25) is 5.91 Å². The minimum absolute atomic E-state index is 0.0742. The molecule has 0 bridgehead atoms. The highest BCUT2D eigenvalue weighted by atomic mass is 16.2. The molecule has 5 N–H and O–H groups in total. The molecule has 0 aliphatic carbocycles. The molecule has 0 saturated carbocycles. The number of para-hydroxylation sites is 1. The Hall–Kier alpha value is -1.88. The van der Waals surface area contributed by atoms with Gasteiger partial charge in [0.1, 0.15) is 0 Å². The average molecular weight is 277 g/mol. The zero-order chi connectivity index (χ0) is 15.3. The Morgan fingerprint density at radius 3 is 2.40 bits per heavy atom. The Labute approximate surface area is 119 Å². The minimum atomic E-state index is -0.570. The van der Waals surface area contributed by atoms with Gasteiger partial charge in [0.05, 0.1) is 11.3 Å². The molecule has 5 nitrogen and oxygen atoms in total. The first-order valence-corrected chi connectivity index (χ1v) is 6.63. The van der Waals surface area contributed by atoms with Crippen molar-refractivity contribution in [2.24, 2.45) is 16.9 Å². The van der Waals surface area contributed by atoms with Gasteiger partial charge in [-0.1, -0.05) is 32.9 Å². The van der Waals surface area contributed by atoms with Crippen LogP contribution in [0.25, 0.3) is 0 Å². The van der Waals surface area contributed by atoms with Crippen molar-refractivity contribution in [3.8, 4) is 0 Å². The molecule has 1 unspecified atom stereocenters. The molecule has 110 valence electrons. The fraction of sp³-hybridized carbons (Fsp3) is 0.467. The summed E-state index contributed by atoms with van der Waals surface area (Å²) < 4.78 is 0. The number of rotatable bonds is 5. The quantitative estimate of drug-likeness (QED) is 0.766. The molecule has 0 aliphatic rings. The molecular weight excluding hydrogens is 254 g/mol. The Morgan fingerprint density at radius 1 is 1.25 bits per heavy atom. The highest BCUT2D eigenvalue weighted by Crippen LogP contribution is 2.21. The molecule has 0 aliphatic heterocycles. The normalized spacial score (nSPS) is 12.8. The Morgan fingerprint density at radius 2 is 1.85 bits per heavy atom. The Bertz CT molecular complexity index is 492. The van der Waals surface area contributed by atoms with Gasteiger partial charge in [0, 0.05) is 12.5 Å². The predicted molar refractivity (Wildman–Crippen MR) is 80.3 cm³/mol. The van der Waals surface area contributed by atoms with Crippen LogP contribution in [0.3, 0.4) is 0 Å². The van der Waals surface area contributed by atoms with E-state index in [1.165, 1.54) is 0 Å². The second-order valence-corrected chi connectivity index (χ2v) is 6.19. The molecule has 5 heteroatoms. The maximum absolute atomic E-state index is 11.9. The van der Waals surface area contributed by atoms with Gasteiger partial charge in [-0.3, -0.25) is 9.59 Å². The van der Waals surface area contributed by atoms with Crippen LogP contribution in [0.4, 0.5) is 5.69 Å². The zero-order valence-electron chi connectivity index (χ0n) is 12.3. The molecule has 1 atom stereocenters. The number of hydrogen-bond acceptors (Lipinski definition) is 3. The zero-order valence-corrected chi connectivity index (χ0v) is 12.3. The summed E-state index contributed by atoms with van der Waals surface area (Å²) in [5.41, 5.74) is 12.0. The van der Waals surface area contributed by atoms with Crippen LogP contribution in [0, 0.1) is 5.41 Å². The maximum Gasteiger partial charge on any atom is 0.250 e. The van der Waals surface area contributed by atoms with Gasteiger partial charge in [0.15, 0.2) is 0 Å². The number of benzene rings is 1. The third-order valence-electron chi connectivity index (χ3n) is 2.79. The van der Waals surface area contributed by atoms with Crippen molar-refractivity contribution < 1.29 is 9.59 Å². The van der Waals surface area contributed by atoms with Gasteiger partial charge in [-0.15, -0.1) is 0 Å². The third kappa shape index (κ3) is 5.40. The van der Waals surface area contributed by atoms with Crippen molar-refractivity contribution in [1.29, 1.82) is 0 Å². The minimum Gasteiger partial charge on any atom is -0.366 e. The standard InChI is InChI=1S/C15H23N3O2/c1-15(2,3)9-10(16)8-13(19)18-12-7-5-4-6-11(12)14(17)20/h4-7,10H,8-9,16H2,1-3H3,(H2,17,20)(H,18,19). The number of primary amides is 1. The fourth-order valence-corrected chi connectivity index (χ4v) is 2.11. The Kier molecular flexibility index (Phi) is 5.27. The molecule has 20 heavy (non-hydrogen) atoms. The van der Waals surface area contributed by atoms with E-state index in [2.05, 4.69) is 26.1 Å². The van der Waals surface area contributed by atoms with E-state index >= 15 is 0 Å². The van der Waals surface area contributed by atoms with E-state index in [-0.39, 0.29) is 23.8 Å². The van der Waals surface area contributed by atoms with Gasteiger partial charge in [-0.25, -0.2) is 0 Å². The summed E-state index contributed by atoms with van der Waals surface area (Å²) in [5.74, 6) is -0.782. The molecule has 0 spiro atoms. The SMILES string of the molecule is CC(C)(C)CC(N)CC(=O)Nc1ccccc1C(N)=O. The molecule has 0 aromatic heterocycles. The lowest BCUT2D eigenvalue weighted by molar-refractivity contribution is -0.116. The lowest BCUT2D eigenvalue weighted by atomic mass is 9.87. The number of hydrogen-bond donors (Lipinski definition) is 3. The van der Waals surface area contributed by atoms with Crippen LogP contribution in [0.15, 0.2) is 24.3 Å². The van der Waals surface area contributed by atoms with E-state index in [4.69, 9.17) is 11.5 Å². The number of amides is 2. The van der Waals surface area contributed by atoms with Crippen molar-refractivity contribution in [2.45, 2.75) is 39.7 Å². The molecule has 1 rings (SSSR count). The van der Waals surface area contributed by atoms with E-state index < -0.39 is 5.91 Å². The molecule has 0 fully saturated rings. The van der Waals surface area contributed by atoms with Crippen LogP contribution in [0.5, 0.6) is 0 Å². The maximum atomic E-state index is 11.9. The van der Waals surface area contributed by atoms with Crippen molar-refractivity contribution in [2.75, 3.05) is 5.32 Å². The van der Waals surface area contributed by atoms with E-state index in [9.17, 15) is 9.59 Å². The summed E-state index contributed by atoms with van der Waals surface area (Å²) in [5, 5.41) is 2.69. The first-order chi connectivity index (χ1) is 9.19. The molecule has 0 heterocycles. The van der Waals surface area contributed by atoms with Crippen LogP contribution in [0.2, 0.25) is 0 Å². The van der Waals surface area contributed by atoms with Crippen molar-refractivity contribution in [1.82, 2.24) is 0 Å². The van der Waals surface area contributed by atoms with Gasteiger partial charge in [-0.2, -0.15) is 0 Å². The molecule has 2 amide bonds. The van der Waals surface area contributed by atoms with Gasteiger partial charge in [0.25, 0.3) is 5.91 Å². The van der Waals surface area contributed by atoms with Crippen molar-refractivity contribution in [3.05, 3.63) is 29.8 Å². The largest absolute Gasteiger partial charge is 0.366 e. The summed E-state index contributed by atoms with van der Waals surface area (Å²) in [4.78, 5) is 23.2. The lowest BCUT2D eigenvalue weighted by Gasteiger charge is -2.22. The van der Waals surface area contributed by atoms with E-state index in [0.717, 1.165) is 6.42 Å². The third-order valence-corrected chi connectivity index (χ3v) is 2.79. The molecule has 1 aromatic rings. The van der Waals surface area contributed by atoms with Crippen molar-refractivity contribution >= 4 is 17.5 Å². The summed E-state index contributed by atoms with van der Waals surface area (Å²) in [6.07, 6.45) is 0.961. The highest BCUT2D eigenvalue weighted by Gasteiger charge is 2.19. The molecular formula is C15H23N3O2. The van der Waals surface area contributed by atoms with Crippen LogP contribution in [0.1, 0.15) is 44.0 Å². The van der Waals surface area contributed by atoms with Crippen molar-refractivity contribution in [3.63, 3.8) is 0 Å². The first kappa shape index (κ1) is 16.2. The summed E-state index contributed by atoms with van der Waals surface area (Å²) >= 11 is 0. The van der Waals surface area contributed by atoms with Gasteiger partial charge < -0.3 is 16.8 Å². The number of carbonyl (C=O) groups is 2.